The van der Waals surface area contributed by atoms with Crippen LogP contribution in [0.25, 0.3) is 0 Å². The molecule has 6 nitrogen and oxygen atoms in total. The molecule has 0 radical (unpaired) electrons. The van der Waals surface area contributed by atoms with Crippen molar-refractivity contribution in [1.82, 2.24) is 15.1 Å². The van der Waals surface area contributed by atoms with Gasteiger partial charge in [0.2, 0.25) is 5.91 Å². The molecule has 0 aromatic heterocycles. The summed E-state index contributed by atoms with van der Waals surface area (Å²) in [5, 5.41) is 2.94. The van der Waals surface area contributed by atoms with E-state index in [9.17, 15) is 9.59 Å². The third kappa shape index (κ3) is 5.96. The number of carbonyl (C=O) groups is 2. The smallest absolute Gasteiger partial charge is 0.317 e. The van der Waals surface area contributed by atoms with Gasteiger partial charge in [0.1, 0.15) is 5.75 Å². The largest absolute Gasteiger partial charge is 0.494 e. The summed E-state index contributed by atoms with van der Waals surface area (Å²) in [6.45, 7) is 4.69. The second-order valence-corrected chi connectivity index (χ2v) is 6.70. The summed E-state index contributed by atoms with van der Waals surface area (Å²) in [5.41, 5.74) is 1.14. The molecule has 25 heavy (non-hydrogen) atoms. The van der Waals surface area contributed by atoms with Crippen LogP contribution in [-0.4, -0.2) is 62.1 Å². The maximum absolute atomic E-state index is 12.2. The van der Waals surface area contributed by atoms with Crippen molar-refractivity contribution in [2.75, 3.05) is 40.3 Å². The van der Waals surface area contributed by atoms with E-state index in [0.29, 0.717) is 26.1 Å². The molecule has 0 spiro atoms. The summed E-state index contributed by atoms with van der Waals surface area (Å²) in [6, 6.07) is 7.88. The van der Waals surface area contributed by atoms with Crippen molar-refractivity contribution in [1.29, 1.82) is 0 Å². The number of amides is 3. The Balaban J connectivity index is 1.72. The summed E-state index contributed by atoms with van der Waals surface area (Å²) >= 11 is 0. The minimum atomic E-state index is -0.0969. The summed E-state index contributed by atoms with van der Waals surface area (Å²) < 4.78 is 5.63. The van der Waals surface area contributed by atoms with Crippen LogP contribution in [0, 0.1) is 5.92 Å². The van der Waals surface area contributed by atoms with Crippen LogP contribution in [0.4, 0.5) is 4.79 Å². The Morgan fingerprint density at radius 2 is 2.24 bits per heavy atom. The van der Waals surface area contributed by atoms with Crippen molar-refractivity contribution in [2.24, 2.45) is 5.92 Å². The van der Waals surface area contributed by atoms with Gasteiger partial charge in [-0.3, -0.25) is 4.79 Å². The van der Waals surface area contributed by atoms with Crippen LogP contribution in [0.3, 0.4) is 0 Å². The van der Waals surface area contributed by atoms with Crippen LogP contribution in [0.15, 0.2) is 24.3 Å². The Hall–Kier alpha value is -2.24. The van der Waals surface area contributed by atoms with E-state index < -0.39 is 0 Å². The third-order valence-corrected chi connectivity index (χ3v) is 4.36. The average molecular weight is 347 g/mol. The van der Waals surface area contributed by atoms with Crippen molar-refractivity contribution in [2.45, 2.75) is 26.2 Å². The van der Waals surface area contributed by atoms with Gasteiger partial charge in [-0.15, -0.1) is 0 Å². The lowest BCUT2D eigenvalue weighted by Gasteiger charge is -2.21. The molecule has 1 aromatic rings. The van der Waals surface area contributed by atoms with Crippen LogP contribution in [-0.2, 0) is 11.2 Å². The van der Waals surface area contributed by atoms with Crippen LogP contribution < -0.4 is 10.1 Å². The number of hydrogen-bond donors (Lipinski definition) is 1. The monoisotopic (exact) mass is 347 g/mol. The van der Waals surface area contributed by atoms with E-state index in [1.807, 2.05) is 24.3 Å². The van der Waals surface area contributed by atoms with Crippen molar-refractivity contribution in [3.63, 3.8) is 0 Å². The van der Waals surface area contributed by atoms with Gasteiger partial charge in [0, 0.05) is 46.1 Å². The molecule has 1 aliphatic rings. The zero-order chi connectivity index (χ0) is 18.2. The van der Waals surface area contributed by atoms with Crippen LogP contribution >= 0.6 is 0 Å². The summed E-state index contributed by atoms with van der Waals surface area (Å²) in [5.74, 6) is 1.25. The van der Waals surface area contributed by atoms with Crippen LogP contribution in [0.5, 0.6) is 5.75 Å². The SMILES string of the molecule is CCCOc1cccc(CCNC(=O)N(C)CC2CC(=O)N(C)C2)c1. The fourth-order valence-electron chi connectivity index (χ4n) is 3.01. The number of hydrogen-bond acceptors (Lipinski definition) is 3. The highest BCUT2D eigenvalue weighted by Gasteiger charge is 2.28. The molecule has 0 saturated carbocycles. The zero-order valence-corrected chi connectivity index (χ0v) is 15.5. The van der Waals surface area contributed by atoms with E-state index in [2.05, 4.69) is 12.2 Å². The third-order valence-electron chi connectivity index (χ3n) is 4.36. The van der Waals surface area contributed by atoms with Gasteiger partial charge in [0.15, 0.2) is 0 Å². The van der Waals surface area contributed by atoms with Gasteiger partial charge in [0.05, 0.1) is 6.61 Å². The first-order valence-corrected chi connectivity index (χ1v) is 8.94. The minimum absolute atomic E-state index is 0.0969. The molecule has 6 heteroatoms. The van der Waals surface area contributed by atoms with E-state index in [0.717, 1.165) is 30.7 Å². The first-order valence-electron chi connectivity index (χ1n) is 8.94. The van der Waals surface area contributed by atoms with Gasteiger partial charge in [0.25, 0.3) is 0 Å². The number of rotatable bonds is 8. The molecular weight excluding hydrogens is 318 g/mol. The first kappa shape index (κ1) is 19.1. The number of nitrogens with one attached hydrogen (secondary N) is 1. The second kappa shape index (κ2) is 9.30. The zero-order valence-electron chi connectivity index (χ0n) is 15.5. The van der Waals surface area contributed by atoms with Crippen molar-refractivity contribution in [3.05, 3.63) is 29.8 Å². The van der Waals surface area contributed by atoms with Crippen molar-refractivity contribution in [3.8, 4) is 5.75 Å². The van der Waals surface area contributed by atoms with E-state index in [-0.39, 0.29) is 17.9 Å². The lowest BCUT2D eigenvalue weighted by Crippen LogP contribution is -2.41. The number of carbonyl (C=O) groups excluding carboxylic acids is 2. The molecule has 0 aliphatic carbocycles. The molecule has 1 unspecified atom stereocenters. The standard InChI is InChI=1S/C19H29N3O3/c1-4-10-25-17-7-5-6-15(11-17)8-9-20-19(24)22(3)14-16-12-18(23)21(2)13-16/h5-7,11,16H,4,8-10,12-14H2,1-3H3,(H,20,24). The molecule has 0 bridgehead atoms. The number of likely N-dealkylation sites (tertiary alicyclic amines) is 1. The van der Waals surface area contributed by atoms with Gasteiger partial charge < -0.3 is 19.9 Å². The minimum Gasteiger partial charge on any atom is -0.494 e. The fourth-order valence-corrected chi connectivity index (χ4v) is 3.01. The number of benzene rings is 1. The lowest BCUT2D eigenvalue weighted by molar-refractivity contribution is -0.126. The van der Waals surface area contributed by atoms with E-state index >= 15 is 0 Å². The van der Waals surface area contributed by atoms with Gasteiger partial charge in [-0.05, 0) is 30.5 Å². The summed E-state index contributed by atoms with van der Waals surface area (Å²) in [7, 11) is 3.58. The predicted molar refractivity (Wildman–Crippen MR) is 97.7 cm³/mol. The average Bonchev–Trinajstić information content (AvgIpc) is 2.90. The summed E-state index contributed by atoms with van der Waals surface area (Å²) in [6.07, 6.45) is 2.27. The molecule has 1 aliphatic heterocycles. The predicted octanol–water partition coefficient (Wildman–Crippen LogP) is 2.14. The topological polar surface area (TPSA) is 61.9 Å². The molecule has 1 saturated heterocycles. The quantitative estimate of drug-likeness (QED) is 0.784. The second-order valence-electron chi connectivity index (χ2n) is 6.70. The van der Waals surface area contributed by atoms with Crippen LogP contribution in [0.1, 0.15) is 25.3 Å². The van der Waals surface area contributed by atoms with Gasteiger partial charge in [-0.2, -0.15) is 0 Å². The van der Waals surface area contributed by atoms with Crippen molar-refractivity contribution < 1.29 is 14.3 Å². The molecular formula is C19H29N3O3. The maximum Gasteiger partial charge on any atom is 0.317 e. The highest BCUT2D eigenvalue weighted by Crippen LogP contribution is 2.17. The molecule has 1 N–H and O–H groups in total. The molecule has 1 aromatic carbocycles. The normalized spacial score (nSPS) is 16.8. The number of nitrogens with zero attached hydrogens (tertiary/aromatic N) is 2. The molecule has 3 amide bonds. The molecule has 1 heterocycles. The van der Waals surface area contributed by atoms with Crippen LogP contribution in [0.2, 0.25) is 0 Å². The Morgan fingerprint density at radius 3 is 2.92 bits per heavy atom. The Morgan fingerprint density at radius 1 is 1.44 bits per heavy atom. The molecule has 2 rings (SSSR count). The Kier molecular flexibility index (Phi) is 7.10. The fraction of sp³-hybridized carbons (Fsp3) is 0.579. The van der Waals surface area contributed by atoms with E-state index in [4.69, 9.17) is 4.74 Å². The highest BCUT2D eigenvalue weighted by atomic mass is 16.5. The number of ether oxygens (including phenoxy) is 1. The van der Waals surface area contributed by atoms with Gasteiger partial charge in [-0.25, -0.2) is 4.79 Å². The first-order chi connectivity index (χ1) is 12.0. The van der Waals surface area contributed by atoms with Gasteiger partial charge in [-0.1, -0.05) is 19.1 Å². The lowest BCUT2D eigenvalue weighted by atomic mass is 10.1. The highest BCUT2D eigenvalue weighted by molar-refractivity contribution is 5.78. The molecule has 1 atom stereocenters. The molecule has 1 fully saturated rings. The Bertz CT molecular complexity index is 591. The van der Waals surface area contributed by atoms with Crippen molar-refractivity contribution >= 4 is 11.9 Å². The van der Waals surface area contributed by atoms with E-state index in [1.54, 1.807) is 23.9 Å². The maximum atomic E-state index is 12.2. The molecule has 138 valence electrons. The summed E-state index contributed by atoms with van der Waals surface area (Å²) in [4.78, 5) is 27.1. The van der Waals surface area contributed by atoms with Gasteiger partial charge >= 0.3 is 6.03 Å². The number of urea groups is 1. The van der Waals surface area contributed by atoms with E-state index in [1.165, 1.54) is 0 Å². The Labute approximate surface area is 150 Å².